The van der Waals surface area contributed by atoms with E-state index in [2.05, 4.69) is 15.5 Å². The Morgan fingerprint density at radius 3 is 2.68 bits per heavy atom. The predicted octanol–water partition coefficient (Wildman–Crippen LogP) is 0.964. The van der Waals surface area contributed by atoms with Gasteiger partial charge in [-0.1, -0.05) is 24.3 Å². The molecule has 1 aromatic carbocycles. The maximum absolute atomic E-state index is 11.8. The van der Waals surface area contributed by atoms with Crippen LogP contribution in [0, 0.1) is 0 Å². The Balaban J connectivity index is 1.67. The van der Waals surface area contributed by atoms with Crippen LogP contribution in [0.4, 0.5) is 4.79 Å². The first-order chi connectivity index (χ1) is 10.8. The highest BCUT2D eigenvalue weighted by Gasteiger charge is 2.10. The zero-order valence-electron chi connectivity index (χ0n) is 13.1. The Bertz CT molecular complexity index is 462. The van der Waals surface area contributed by atoms with Gasteiger partial charge in [-0.2, -0.15) is 0 Å². The van der Waals surface area contributed by atoms with Crippen LogP contribution in [0.3, 0.4) is 0 Å². The quantitative estimate of drug-likeness (QED) is 0.788. The van der Waals surface area contributed by atoms with Crippen LogP contribution in [0.15, 0.2) is 24.3 Å². The number of benzene rings is 1. The van der Waals surface area contributed by atoms with E-state index in [9.17, 15) is 4.79 Å². The summed E-state index contributed by atoms with van der Waals surface area (Å²) in [5, 5.41) is 5.77. The SMILES string of the molecule is COCc1ccccc1CNC(=O)NCCN1CCOCC1. The Labute approximate surface area is 131 Å². The molecule has 0 spiro atoms. The van der Waals surface area contributed by atoms with Gasteiger partial charge >= 0.3 is 6.03 Å². The molecule has 2 rings (SSSR count). The summed E-state index contributed by atoms with van der Waals surface area (Å²) in [5.41, 5.74) is 2.17. The molecule has 0 aromatic heterocycles. The van der Waals surface area contributed by atoms with Crippen LogP contribution in [0.5, 0.6) is 0 Å². The van der Waals surface area contributed by atoms with Gasteiger partial charge in [0, 0.05) is 39.8 Å². The summed E-state index contributed by atoms with van der Waals surface area (Å²) in [6, 6.07) is 7.81. The molecule has 1 aliphatic heterocycles. The maximum Gasteiger partial charge on any atom is 0.315 e. The smallest absolute Gasteiger partial charge is 0.315 e. The van der Waals surface area contributed by atoms with Gasteiger partial charge in [-0.25, -0.2) is 4.79 Å². The Morgan fingerprint density at radius 2 is 1.95 bits per heavy atom. The number of carbonyl (C=O) groups is 1. The van der Waals surface area contributed by atoms with Crippen molar-refractivity contribution in [3.8, 4) is 0 Å². The molecular weight excluding hydrogens is 282 g/mol. The molecule has 0 atom stereocenters. The number of ether oxygens (including phenoxy) is 2. The first kappa shape index (κ1) is 16.7. The van der Waals surface area contributed by atoms with E-state index in [4.69, 9.17) is 9.47 Å². The average molecular weight is 307 g/mol. The number of nitrogens with zero attached hydrogens (tertiary/aromatic N) is 1. The lowest BCUT2D eigenvalue weighted by Gasteiger charge is -2.26. The van der Waals surface area contributed by atoms with E-state index in [1.54, 1.807) is 7.11 Å². The van der Waals surface area contributed by atoms with E-state index >= 15 is 0 Å². The average Bonchev–Trinajstić information content (AvgIpc) is 2.55. The number of carbonyl (C=O) groups excluding carboxylic acids is 1. The molecule has 6 heteroatoms. The molecule has 1 heterocycles. The molecule has 1 fully saturated rings. The van der Waals surface area contributed by atoms with Gasteiger partial charge in [-0.3, -0.25) is 4.90 Å². The van der Waals surface area contributed by atoms with Gasteiger partial charge in [-0.15, -0.1) is 0 Å². The number of hydrogen-bond donors (Lipinski definition) is 2. The van der Waals surface area contributed by atoms with Crippen molar-refractivity contribution in [3.63, 3.8) is 0 Å². The standard InChI is InChI=1S/C16H25N3O3/c1-21-13-15-5-3-2-4-14(15)12-18-16(20)17-6-7-19-8-10-22-11-9-19/h2-5H,6-13H2,1H3,(H2,17,18,20). The number of urea groups is 1. The molecule has 1 aromatic rings. The van der Waals surface area contributed by atoms with Crippen molar-refractivity contribution in [3.05, 3.63) is 35.4 Å². The number of methoxy groups -OCH3 is 1. The molecule has 1 aliphatic rings. The lowest BCUT2D eigenvalue weighted by Crippen LogP contribution is -2.43. The maximum atomic E-state index is 11.8. The molecule has 6 nitrogen and oxygen atoms in total. The third-order valence-corrected chi connectivity index (χ3v) is 3.67. The van der Waals surface area contributed by atoms with E-state index in [0.717, 1.165) is 44.0 Å². The summed E-state index contributed by atoms with van der Waals surface area (Å²) >= 11 is 0. The fourth-order valence-electron chi connectivity index (χ4n) is 2.42. The van der Waals surface area contributed by atoms with Crippen LogP contribution >= 0.6 is 0 Å². The van der Waals surface area contributed by atoms with E-state index in [-0.39, 0.29) is 6.03 Å². The van der Waals surface area contributed by atoms with Crippen LogP contribution in [0.25, 0.3) is 0 Å². The lowest BCUT2D eigenvalue weighted by molar-refractivity contribution is 0.0387. The Kier molecular flexibility index (Phi) is 7.15. The summed E-state index contributed by atoms with van der Waals surface area (Å²) in [7, 11) is 1.67. The van der Waals surface area contributed by atoms with Crippen LogP contribution < -0.4 is 10.6 Å². The van der Waals surface area contributed by atoms with Gasteiger partial charge < -0.3 is 20.1 Å². The van der Waals surface area contributed by atoms with Crippen molar-refractivity contribution in [2.45, 2.75) is 13.2 Å². The van der Waals surface area contributed by atoms with Crippen molar-refractivity contribution >= 4 is 6.03 Å². The Hall–Kier alpha value is -1.63. The highest BCUT2D eigenvalue weighted by Crippen LogP contribution is 2.09. The minimum absolute atomic E-state index is 0.138. The molecule has 2 N–H and O–H groups in total. The molecule has 122 valence electrons. The van der Waals surface area contributed by atoms with Gasteiger partial charge in [0.2, 0.25) is 0 Å². The Morgan fingerprint density at radius 1 is 1.23 bits per heavy atom. The number of morpholine rings is 1. The lowest BCUT2D eigenvalue weighted by atomic mass is 10.1. The third kappa shape index (κ3) is 5.63. The van der Waals surface area contributed by atoms with E-state index in [1.165, 1.54) is 0 Å². The zero-order valence-corrected chi connectivity index (χ0v) is 13.1. The largest absolute Gasteiger partial charge is 0.380 e. The van der Waals surface area contributed by atoms with Gasteiger partial charge in [0.25, 0.3) is 0 Å². The van der Waals surface area contributed by atoms with Crippen LogP contribution in [0.2, 0.25) is 0 Å². The first-order valence-corrected chi connectivity index (χ1v) is 7.67. The number of nitrogens with one attached hydrogen (secondary N) is 2. The fourth-order valence-corrected chi connectivity index (χ4v) is 2.42. The molecule has 2 amide bonds. The molecule has 0 saturated carbocycles. The van der Waals surface area contributed by atoms with Gasteiger partial charge in [0.05, 0.1) is 19.8 Å². The number of rotatable bonds is 7. The first-order valence-electron chi connectivity index (χ1n) is 7.67. The molecule has 0 unspecified atom stereocenters. The predicted molar refractivity (Wildman–Crippen MR) is 84.7 cm³/mol. The van der Waals surface area contributed by atoms with Gasteiger partial charge in [0.15, 0.2) is 0 Å². The summed E-state index contributed by atoms with van der Waals surface area (Å²) in [5.74, 6) is 0. The molecule has 0 bridgehead atoms. The minimum Gasteiger partial charge on any atom is -0.380 e. The third-order valence-electron chi connectivity index (χ3n) is 3.67. The summed E-state index contributed by atoms with van der Waals surface area (Å²) in [6.07, 6.45) is 0. The van der Waals surface area contributed by atoms with E-state index in [0.29, 0.717) is 19.7 Å². The number of hydrogen-bond acceptors (Lipinski definition) is 4. The monoisotopic (exact) mass is 307 g/mol. The second kappa shape index (κ2) is 9.40. The normalized spacial score (nSPS) is 15.5. The molecule has 22 heavy (non-hydrogen) atoms. The van der Waals surface area contributed by atoms with Crippen LogP contribution in [0.1, 0.15) is 11.1 Å². The fraction of sp³-hybridized carbons (Fsp3) is 0.562. The van der Waals surface area contributed by atoms with Gasteiger partial charge in [0.1, 0.15) is 0 Å². The van der Waals surface area contributed by atoms with Crippen molar-refractivity contribution in [1.29, 1.82) is 0 Å². The van der Waals surface area contributed by atoms with Crippen molar-refractivity contribution in [2.24, 2.45) is 0 Å². The van der Waals surface area contributed by atoms with Crippen molar-refractivity contribution < 1.29 is 14.3 Å². The van der Waals surface area contributed by atoms with Gasteiger partial charge in [-0.05, 0) is 11.1 Å². The highest BCUT2D eigenvalue weighted by atomic mass is 16.5. The number of amides is 2. The molecule has 0 aliphatic carbocycles. The van der Waals surface area contributed by atoms with E-state index in [1.807, 2.05) is 24.3 Å². The van der Waals surface area contributed by atoms with Crippen LogP contribution in [-0.4, -0.2) is 57.4 Å². The zero-order chi connectivity index (χ0) is 15.6. The summed E-state index contributed by atoms with van der Waals surface area (Å²) in [4.78, 5) is 14.1. The minimum atomic E-state index is -0.138. The van der Waals surface area contributed by atoms with E-state index < -0.39 is 0 Å². The molecular formula is C16H25N3O3. The molecule has 1 saturated heterocycles. The highest BCUT2D eigenvalue weighted by molar-refractivity contribution is 5.73. The second-order valence-corrected chi connectivity index (χ2v) is 5.27. The molecule has 0 radical (unpaired) electrons. The second-order valence-electron chi connectivity index (χ2n) is 5.27. The van der Waals surface area contributed by atoms with Crippen LogP contribution in [-0.2, 0) is 22.6 Å². The van der Waals surface area contributed by atoms with Crippen molar-refractivity contribution in [2.75, 3.05) is 46.5 Å². The summed E-state index contributed by atoms with van der Waals surface area (Å²) in [6.45, 7) is 5.99. The topological polar surface area (TPSA) is 62.8 Å². The van der Waals surface area contributed by atoms with Crippen molar-refractivity contribution in [1.82, 2.24) is 15.5 Å². The summed E-state index contributed by atoms with van der Waals surface area (Å²) < 4.78 is 10.5.